The molecule has 0 N–H and O–H groups in total. The summed E-state index contributed by atoms with van der Waals surface area (Å²) in [5.74, 6) is 2.44. The normalized spacial score (nSPS) is 10.6. The van der Waals surface area contributed by atoms with E-state index in [-0.39, 0.29) is 0 Å². The second-order valence-corrected chi connectivity index (χ2v) is 5.40. The van der Waals surface area contributed by atoms with Crippen molar-refractivity contribution in [2.24, 2.45) is 7.05 Å². The molecule has 0 aliphatic rings. The zero-order valence-electron chi connectivity index (χ0n) is 12.0. The molecule has 0 atom stereocenters. The molecule has 0 fully saturated rings. The Morgan fingerprint density at radius 2 is 1.85 bits per heavy atom. The second-order valence-electron chi connectivity index (χ2n) is 4.44. The molecule has 0 amide bonds. The molecule has 20 heavy (non-hydrogen) atoms. The predicted molar refractivity (Wildman–Crippen MR) is 76.2 cm³/mol. The molecule has 7 heteroatoms. The fraction of sp³-hybridized carbons (Fsp3) is 0.462. The Labute approximate surface area is 122 Å². The van der Waals surface area contributed by atoms with E-state index >= 15 is 0 Å². The Morgan fingerprint density at radius 1 is 1.15 bits per heavy atom. The van der Waals surface area contributed by atoms with Crippen molar-refractivity contribution >= 4 is 11.8 Å². The molecule has 2 aromatic heterocycles. The molecule has 0 aliphatic carbocycles. The van der Waals surface area contributed by atoms with E-state index in [1.807, 2.05) is 32.4 Å². The molecular weight excluding hydrogens is 272 g/mol. The first-order valence-electron chi connectivity index (χ1n) is 6.32. The van der Waals surface area contributed by atoms with Crippen LogP contribution in [0.25, 0.3) is 0 Å². The number of thioether (sulfide) groups is 1. The Bertz CT molecular complexity index is 670. The van der Waals surface area contributed by atoms with Gasteiger partial charge in [-0.15, -0.1) is 15.3 Å². The highest BCUT2D eigenvalue weighted by Gasteiger charge is 2.13. The summed E-state index contributed by atoms with van der Waals surface area (Å²) in [6, 6.07) is 2.21. The predicted octanol–water partition coefficient (Wildman–Crippen LogP) is 1.95. The summed E-state index contributed by atoms with van der Waals surface area (Å²) in [5, 5.41) is 26.4. The molecule has 0 bridgehead atoms. The Balaban J connectivity index is 2.21. The minimum atomic E-state index is 0.598. The standard InChI is InChI=1S/C13H16N6S/c1-5-11-16-17-12(19(11)4)7-20-13-10(6-14)8(2)9(3)15-18-13/h5,7H2,1-4H3. The van der Waals surface area contributed by atoms with Crippen LogP contribution in [0.3, 0.4) is 0 Å². The zero-order valence-corrected chi connectivity index (χ0v) is 12.8. The van der Waals surface area contributed by atoms with Gasteiger partial charge in [-0.1, -0.05) is 18.7 Å². The van der Waals surface area contributed by atoms with E-state index in [1.165, 1.54) is 11.8 Å². The van der Waals surface area contributed by atoms with E-state index < -0.39 is 0 Å². The molecule has 2 rings (SSSR count). The highest BCUT2D eigenvalue weighted by Crippen LogP contribution is 2.25. The topological polar surface area (TPSA) is 80.3 Å². The van der Waals surface area contributed by atoms with Crippen molar-refractivity contribution in [2.75, 3.05) is 0 Å². The second kappa shape index (κ2) is 6.01. The first-order chi connectivity index (χ1) is 9.58. The lowest BCUT2D eigenvalue weighted by atomic mass is 10.1. The van der Waals surface area contributed by atoms with Gasteiger partial charge in [-0.2, -0.15) is 10.4 Å². The van der Waals surface area contributed by atoms with Crippen LogP contribution in [0.1, 0.15) is 35.4 Å². The van der Waals surface area contributed by atoms with E-state index in [1.54, 1.807) is 0 Å². The lowest BCUT2D eigenvalue weighted by Gasteiger charge is -2.06. The molecule has 2 aromatic rings. The van der Waals surface area contributed by atoms with Gasteiger partial charge in [0.25, 0.3) is 0 Å². The van der Waals surface area contributed by atoms with Gasteiger partial charge < -0.3 is 4.57 Å². The molecule has 0 aromatic carbocycles. The molecule has 0 radical (unpaired) electrons. The molecule has 0 saturated heterocycles. The molecule has 0 aliphatic heterocycles. The van der Waals surface area contributed by atoms with Gasteiger partial charge >= 0.3 is 0 Å². The van der Waals surface area contributed by atoms with E-state index in [0.717, 1.165) is 29.3 Å². The van der Waals surface area contributed by atoms with Crippen molar-refractivity contribution in [3.63, 3.8) is 0 Å². The first kappa shape index (κ1) is 14.5. The summed E-state index contributed by atoms with van der Waals surface area (Å²) in [6.45, 7) is 5.79. The van der Waals surface area contributed by atoms with Crippen LogP contribution in [0.5, 0.6) is 0 Å². The van der Waals surface area contributed by atoms with Gasteiger partial charge in [-0.25, -0.2) is 0 Å². The average molecular weight is 288 g/mol. The van der Waals surface area contributed by atoms with Crippen LogP contribution in [-0.4, -0.2) is 25.0 Å². The first-order valence-corrected chi connectivity index (χ1v) is 7.31. The molecule has 6 nitrogen and oxygen atoms in total. The summed E-state index contributed by atoms with van der Waals surface area (Å²) < 4.78 is 1.98. The Morgan fingerprint density at radius 3 is 2.45 bits per heavy atom. The number of rotatable bonds is 4. The quantitative estimate of drug-likeness (QED) is 0.800. The van der Waals surface area contributed by atoms with Crippen molar-refractivity contribution in [1.82, 2.24) is 25.0 Å². The number of aryl methyl sites for hydroxylation is 2. The van der Waals surface area contributed by atoms with Crippen LogP contribution in [0, 0.1) is 25.2 Å². The van der Waals surface area contributed by atoms with Gasteiger partial charge in [0, 0.05) is 13.5 Å². The van der Waals surface area contributed by atoms with Crippen molar-refractivity contribution in [3.8, 4) is 6.07 Å². The molecule has 104 valence electrons. The largest absolute Gasteiger partial charge is 0.317 e. The van der Waals surface area contributed by atoms with Crippen LogP contribution < -0.4 is 0 Å². The van der Waals surface area contributed by atoms with Crippen LogP contribution in [-0.2, 0) is 19.2 Å². The van der Waals surface area contributed by atoms with Crippen LogP contribution in [0.2, 0.25) is 0 Å². The van der Waals surface area contributed by atoms with Crippen LogP contribution in [0.4, 0.5) is 0 Å². The number of nitriles is 1. The van der Waals surface area contributed by atoms with E-state index in [9.17, 15) is 5.26 Å². The third-order valence-electron chi connectivity index (χ3n) is 3.24. The molecule has 2 heterocycles. The highest BCUT2D eigenvalue weighted by molar-refractivity contribution is 7.98. The monoisotopic (exact) mass is 288 g/mol. The van der Waals surface area contributed by atoms with Crippen molar-refractivity contribution in [3.05, 3.63) is 28.5 Å². The highest BCUT2D eigenvalue weighted by atomic mass is 32.2. The van der Waals surface area contributed by atoms with Gasteiger partial charge in [0.2, 0.25) is 0 Å². The molecular formula is C13H16N6S. The lowest BCUT2D eigenvalue weighted by Crippen LogP contribution is -2.02. The summed E-state index contributed by atoms with van der Waals surface area (Å²) in [7, 11) is 1.95. The van der Waals surface area contributed by atoms with Crippen molar-refractivity contribution in [1.29, 1.82) is 5.26 Å². The Hall–Kier alpha value is -1.94. The molecule has 0 saturated carbocycles. The third-order valence-corrected chi connectivity index (χ3v) is 4.21. The smallest absolute Gasteiger partial charge is 0.143 e. The summed E-state index contributed by atoms with van der Waals surface area (Å²) in [5.41, 5.74) is 2.27. The molecule has 0 spiro atoms. The van der Waals surface area contributed by atoms with Crippen LogP contribution >= 0.6 is 11.8 Å². The van der Waals surface area contributed by atoms with E-state index in [2.05, 4.69) is 26.5 Å². The number of nitrogens with zero attached hydrogens (tertiary/aromatic N) is 6. The summed E-state index contributed by atoms with van der Waals surface area (Å²) >= 11 is 1.47. The average Bonchev–Trinajstić information content (AvgIpc) is 2.80. The van der Waals surface area contributed by atoms with Gasteiger partial charge in [-0.05, 0) is 19.4 Å². The Kier molecular flexibility index (Phi) is 4.35. The zero-order chi connectivity index (χ0) is 14.7. The summed E-state index contributed by atoms with van der Waals surface area (Å²) in [6.07, 6.45) is 0.848. The fourth-order valence-electron chi connectivity index (χ4n) is 1.78. The fourth-order valence-corrected chi connectivity index (χ4v) is 2.74. The van der Waals surface area contributed by atoms with E-state index in [4.69, 9.17) is 0 Å². The number of aromatic nitrogens is 5. The van der Waals surface area contributed by atoms with Crippen molar-refractivity contribution in [2.45, 2.75) is 38.0 Å². The minimum absolute atomic E-state index is 0.598. The lowest BCUT2D eigenvalue weighted by molar-refractivity contribution is 0.780. The number of hydrogen-bond donors (Lipinski definition) is 0. The minimum Gasteiger partial charge on any atom is -0.317 e. The van der Waals surface area contributed by atoms with Gasteiger partial charge in [0.15, 0.2) is 0 Å². The maximum absolute atomic E-state index is 9.25. The SMILES string of the molecule is CCc1nnc(CSc2nnc(C)c(C)c2C#N)n1C. The maximum atomic E-state index is 9.25. The third kappa shape index (κ3) is 2.65. The van der Waals surface area contributed by atoms with Gasteiger partial charge in [0.05, 0.1) is 17.0 Å². The van der Waals surface area contributed by atoms with Gasteiger partial charge in [0.1, 0.15) is 22.7 Å². The maximum Gasteiger partial charge on any atom is 0.143 e. The van der Waals surface area contributed by atoms with Crippen molar-refractivity contribution < 1.29 is 0 Å². The van der Waals surface area contributed by atoms with Crippen LogP contribution in [0.15, 0.2) is 5.03 Å². The molecule has 0 unspecified atom stereocenters. The van der Waals surface area contributed by atoms with Gasteiger partial charge in [-0.3, -0.25) is 0 Å². The summed E-state index contributed by atoms with van der Waals surface area (Å²) in [4.78, 5) is 0. The van der Waals surface area contributed by atoms with E-state index in [0.29, 0.717) is 16.3 Å². The number of hydrogen-bond acceptors (Lipinski definition) is 6.